The maximum atomic E-state index is 4.66. The summed E-state index contributed by atoms with van der Waals surface area (Å²) >= 11 is 1.47. The van der Waals surface area contributed by atoms with Gasteiger partial charge in [-0.1, -0.05) is 37.3 Å². The minimum absolute atomic E-state index is 0.778. The summed E-state index contributed by atoms with van der Waals surface area (Å²) in [5.41, 5.74) is 3.78. The molecule has 0 aliphatic rings. The Kier molecular flexibility index (Phi) is 4.98. The molecule has 4 nitrogen and oxygen atoms in total. The van der Waals surface area contributed by atoms with Gasteiger partial charge in [0.05, 0.1) is 0 Å². The number of hydrogen-bond acceptors (Lipinski definition) is 5. The van der Waals surface area contributed by atoms with Crippen molar-refractivity contribution in [2.75, 3.05) is 4.90 Å². The number of aryl methyl sites for hydroxylation is 2. The van der Waals surface area contributed by atoms with Gasteiger partial charge in [-0.25, -0.2) is 4.98 Å². The monoisotopic (exact) mass is 324 g/mol. The molecule has 0 atom stereocenters. The van der Waals surface area contributed by atoms with Crippen LogP contribution in [0.15, 0.2) is 48.8 Å². The zero-order chi connectivity index (χ0) is 16.1. The number of aromatic nitrogens is 3. The van der Waals surface area contributed by atoms with Crippen LogP contribution in [0.5, 0.6) is 0 Å². The smallest absolute Gasteiger partial charge is 0.205 e. The van der Waals surface area contributed by atoms with Gasteiger partial charge in [0.25, 0.3) is 0 Å². The normalized spacial score (nSPS) is 10.7. The Hall–Kier alpha value is -2.27. The Morgan fingerprint density at radius 3 is 2.65 bits per heavy atom. The molecule has 23 heavy (non-hydrogen) atoms. The highest BCUT2D eigenvalue weighted by Gasteiger charge is 2.14. The molecule has 0 amide bonds. The predicted octanol–water partition coefficient (Wildman–Crippen LogP) is 4.01. The van der Waals surface area contributed by atoms with Gasteiger partial charge in [0.1, 0.15) is 5.82 Å². The maximum absolute atomic E-state index is 4.66. The number of rotatable bonds is 6. The number of benzene rings is 1. The second-order valence-electron chi connectivity index (χ2n) is 5.49. The van der Waals surface area contributed by atoms with Crippen LogP contribution < -0.4 is 4.90 Å². The Bertz CT molecular complexity index is 754. The van der Waals surface area contributed by atoms with E-state index in [1.165, 1.54) is 28.2 Å². The van der Waals surface area contributed by atoms with E-state index in [2.05, 4.69) is 63.4 Å². The van der Waals surface area contributed by atoms with Crippen molar-refractivity contribution in [3.05, 3.63) is 71.3 Å². The largest absolute Gasteiger partial charge is 0.338 e. The Morgan fingerprint density at radius 1 is 1.09 bits per heavy atom. The van der Waals surface area contributed by atoms with E-state index in [4.69, 9.17) is 0 Å². The van der Waals surface area contributed by atoms with Gasteiger partial charge in [-0.15, -0.1) is 0 Å². The third kappa shape index (κ3) is 3.93. The average molecular weight is 324 g/mol. The first kappa shape index (κ1) is 15.6. The molecule has 3 aromatic rings. The van der Waals surface area contributed by atoms with Gasteiger partial charge in [-0.3, -0.25) is 4.98 Å². The Labute approximate surface area is 141 Å². The third-order valence-electron chi connectivity index (χ3n) is 3.76. The fourth-order valence-corrected chi connectivity index (χ4v) is 3.16. The first-order valence-corrected chi connectivity index (χ1v) is 8.54. The van der Waals surface area contributed by atoms with Crippen LogP contribution in [0, 0.1) is 6.92 Å². The molecule has 0 aliphatic carbocycles. The molecule has 1 aromatic carbocycles. The fourth-order valence-electron chi connectivity index (χ4n) is 2.41. The molecule has 2 heterocycles. The van der Waals surface area contributed by atoms with E-state index in [-0.39, 0.29) is 0 Å². The van der Waals surface area contributed by atoms with Gasteiger partial charge in [-0.05, 0) is 29.7 Å². The minimum atomic E-state index is 0.778. The van der Waals surface area contributed by atoms with Gasteiger partial charge in [0.2, 0.25) is 5.13 Å². The van der Waals surface area contributed by atoms with Gasteiger partial charge < -0.3 is 4.90 Å². The first-order chi connectivity index (χ1) is 11.3. The molecule has 0 aliphatic heterocycles. The number of anilines is 1. The fraction of sp³-hybridized carbons (Fsp3) is 0.278. The summed E-state index contributed by atoms with van der Waals surface area (Å²) in [6.07, 6.45) is 4.57. The summed E-state index contributed by atoms with van der Waals surface area (Å²) in [5, 5.41) is 0.967. The van der Waals surface area contributed by atoms with E-state index < -0.39 is 0 Å². The molecule has 5 heteroatoms. The molecule has 0 spiro atoms. The van der Waals surface area contributed by atoms with Crippen LogP contribution in [-0.2, 0) is 19.5 Å². The summed E-state index contributed by atoms with van der Waals surface area (Å²) in [4.78, 5) is 11.2. The Morgan fingerprint density at radius 2 is 1.96 bits per heavy atom. The average Bonchev–Trinajstić information content (AvgIpc) is 3.06. The molecular weight excluding hydrogens is 304 g/mol. The van der Waals surface area contributed by atoms with Crippen molar-refractivity contribution in [1.29, 1.82) is 0 Å². The number of hydrogen-bond donors (Lipinski definition) is 0. The minimum Gasteiger partial charge on any atom is -0.338 e. The van der Waals surface area contributed by atoms with Crippen LogP contribution >= 0.6 is 11.5 Å². The second-order valence-corrected chi connectivity index (χ2v) is 6.22. The highest BCUT2D eigenvalue weighted by atomic mass is 32.1. The predicted molar refractivity (Wildman–Crippen MR) is 94.6 cm³/mol. The lowest BCUT2D eigenvalue weighted by atomic mass is 10.1. The van der Waals surface area contributed by atoms with Crippen molar-refractivity contribution in [1.82, 2.24) is 14.3 Å². The van der Waals surface area contributed by atoms with Gasteiger partial charge in [0.15, 0.2) is 0 Å². The molecule has 3 rings (SSSR count). The van der Waals surface area contributed by atoms with E-state index in [1.807, 2.05) is 12.3 Å². The highest BCUT2D eigenvalue weighted by molar-refractivity contribution is 7.09. The van der Waals surface area contributed by atoms with Gasteiger partial charge in [-0.2, -0.15) is 4.37 Å². The van der Waals surface area contributed by atoms with Crippen LogP contribution in [0.1, 0.15) is 29.4 Å². The third-order valence-corrected chi connectivity index (χ3v) is 4.58. The highest BCUT2D eigenvalue weighted by Crippen LogP contribution is 2.23. The van der Waals surface area contributed by atoms with E-state index >= 15 is 0 Å². The van der Waals surface area contributed by atoms with E-state index in [1.54, 1.807) is 6.20 Å². The summed E-state index contributed by atoms with van der Waals surface area (Å²) < 4.78 is 4.43. The molecule has 0 N–H and O–H groups in total. The topological polar surface area (TPSA) is 41.9 Å². The lowest BCUT2D eigenvalue weighted by molar-refractivity contribution is 0.784. The first-order valence-electron chi connectivity index (χ1n) is 7.77. The SMILES string of the molecule is CCc1nsc(N(Cc2cccnc2)Cc2ccccc2C)n1. The molecule has 0 saturated heterocycles. The van der Waals surface area contributed by atoms with Gasteiger partial charge >= 0.3 is 0 Å². The zero-order valence-electron chi connectivity index (χ0n) is 13.4. The van der Waals surface area contributed by atoms with Crippen molar-refractivity contribution < 1.29 is 0 Å². The molecule has 0 saturated carbocycles. The quantitative estimate of drug-likeness (QED) is 0.687. The molecular formula is C18H20N4S. The lowest BCUT2D eigenvalue weighted by Crippen LogP contribution is -2.22. The van der Waals surface area contributed by atoms with E-state index in [9.17, 15) is 0 Å². The van der Waals surface area contributed by atoms with Crippen LogP contribution in [0.25, 0.3) is 0 Å². The molecule has 118 valence electrons. The van der Waals surface area contributed by atoms with E-state index in [0.29, 0.717) is 0 Å². The number of pyridine rings is 1. The van der Waals surface area contributed by atoms with Gasteiger partial charge in [0, 0.05) is 43.4 Å². The molecule has 0 bridgehead atoms. The zero-order valence-corrected chi connectivity index (χ0v) is 14.3. The summed E-state index contributed by atoms with van der Waals surface area (Å²) in [5.74, 6) is 0.908. The maximum Gasteiger partial charge on any atom is 0.205 e. The van der Waals surface area contributed by atoms with E-state index in [0.717, 1.165) is 30.5 Å². The standard InChI is InChI=1S/C18H20N4S/c1-3-17-20-18(23-21-17)22(12-15-8-6-10-19-11-15)13-16-9-5-4-7-14(16)2/h4-11H,3,12-13H2,1-2H3. The number of nitrogens with zero attached hydrogens (tertiary/aromatic N) is 4. The molecule has 2 aromatic heterocycles. The summed E-state index contributed by atoms with van der Waals surface area (Å²) in [7, 11) is 0. The van der Waals surface area contributed by atoms with Crippen molar-refractivity contribution >= 4 is 16.7 Å². The van der Waals surface area contributed by atoms with Crippen molar-refractivity contribution in [3.63, 3.8) is 0 Å². The van der Waals surface area contributed by atoms with Crippen LogP contribution in [0.4, 0.5) is 5.13 Å². The van der Waals surface area contributed by atoms with Crippen molar-refractivity contribution in [2.45, 2.75) is 33.4 Å². The van der Waals surface area contributed by atoms with Crippen LogP contribution in [0.2, 0.25) is 0 Å². The van der Waals surface area contributed by atoms with Crippen molar-refractivity contribution in [2.24, 2.45) is 0 Å². The molecule has 0 radical (unpaired) electrons. The van der Waals surface area contributed by atoms with Crippen LogP contribution in [0.3, 0.4) is 0 Å². The molecule has 0 fully saturated rings. The second kappa shape index (κ2) is 7.33. The summed E-state index contributed by atoms with van der Waals surface area (Å²) in [6.45, 7) is 5.83. The molecule has 0 unspecified atom stereocenters. The summed E-state index contributed by atoms with van der Waals surface area (Å²) in [6, 6.07) is 12.5. The van der Waals surface area contributed by atoms with Crippen LogP contribution in [-0.4, -0.2) is 14.3 Å². The Balaban J connectivity index is 1.88. The lowest BCUT2D eigenvalue weighted by Gasteiger charge is -2.22. The van der Waals surface area contributed by atoms with Crippen molar-refractivity contribution in [3.8, 4) is 0 Å².